The van der Waals surface area contributed by atoms with Crippen molar-refractivity contribution >= 4 is 23.6 Å². The number of likely N-dealkylation sites (N-methyl/N-ethyl adjacent to an activating group) is 1. The Kier molecular flexibility index (Phi) is 4.50. The summed E-state index contributed by atoms with van der Waals surface area (Å²) in [6.45, 7) is 4.23. The summed E-state index contributed by atoms with van der Waals surface area (Å²) in [5.74, 6) is -0.813. The van der Waals surface area contributed by atoms with Gasteiger partial charge in [-0.05, 0) is 11.6 Å². The maximum atomic E-state index is 11.9. The summed E-state index contributed by atoms with van der Waals surface area (Å²) >= 11 is 1.52. The van der Waals surface area contributed by atoms with Gasteiger partial charge in [-0.1, -0.05) is 6.08 Å². The molecule has 1 amide bonds. The van der Waals surface area contributed by atoms with Crippen LogP contribution in [0.25, 0.3) is 0 Å². The van der Waals surface area contributed by atoms with Crippen LogP contribution in [0.2, 0.25) is 0 Å². The van der Waals surface area contributed by atoms with Crippen LogP contribution in [0.1, 0.15) is 0 Å². The van der Waals surface area contributed by atoms with Gasteiger partial charge in [0.05, 0.1) is 26.8 Å². The Morgan fingerprint density at radius 1 is 1.52 bits per heavy atom. The van der Waals surface area contributed by atoms with Crippen molar-refractivity contribution in [3.05, 3.63) is 23.4 Å². The van der Waals surface area contributed by atoms with E-state index in [0.29, 0.717) is 11.3 Å². The van der Waals surface area contributed by atoms with E-state index in [2.05, 4.69) is 7.05 Å². The van der Waals surface area contributed by atoms with Crippen LogP contribution in [0.3, 0.4) is 0 Å². The Balaban J connectivity index is 1.75. The summed E-state index contributed by atoms with van der Waals surface area (Å²) in [7, 11) is 2.17. The Hall–Kier alpha value is -1.35. The van der Waals surface area contributed by atoms with E-state index in [4.69, 9.17) is 10.5 Å². The molecule has 0 bridgehead atoms. The summed E-state index contributed by atoms with van der Waals surface area (Å²) < 4.78 is 6.26. The van der Waals surface area contributed by atoms with Gasteiger partial charge in [0.15, 0.2) is 0 Å². The summed E-state index contributed by atoms with van der Waals surface area (Å²) in [5, 5.41) is 9.24. The number of carboxylic acids is 1. The van der Waals surface area contributed by atoms with Gasteiger partial charge in [-0.15, -0.1) is 11.8 Å². The number of fused-ring (bicyclic) bond motifs is 1. The standard InChI is InChI=1S/C15H21N3O4S/c1-18(5-7-22-8-6-18)4-2-3-10-9-23-14-11(16)13(19)17(14)12(10)15(20)21/h2-3,11,14H,4-9,16H2,1H3/p+1/t11-,14-/m1/s1. The molecular weight excluding hydrogens is 318 g/mol. The second-order valence-corrected chi connectivity index (χ2v) is 7.48. The number of hydrogen-bond donors (Lipinski definition) is 2. The van der Waals surface area contributed by atoms with E-state index in [1.165, 1.54) is 16.7 Å². The lowest BCUT2D eigenvalue weighted by Crippen LogP contribution is -2.68. The summed E-state index contributed by atoms with van der Waals surface area (Å²) in [4.78, 5) is 24.8. The van der Waals surface area contributed by atoms with Crippen molar-refractivity contribution in [2.75, 3.05) is 45.6 Å². The molecule has 3 rings (SSSR count). The third kappa shape index (κ3) is 3.03. The van der Waals surface area contributed by atoms with Crippen molar-refractivity contribution in [1.82, 2.24) is 4.90 Å². The highest BCUT2D eigenvalue weighted by Gasteiger charge is 2.51. The van der Waals surface area contributed by atoms with E-state index in [-0.39, 0.29) is 17.0 Å². The monoisotopic (exact) mass is 340 g/mol. The molecule has 0 aromatic carbocycles. The smallest absolute Gasteiger partial charge is 0.352 e. The second-order valence-electron chi connectivity index (χ2n) is 6.38. The van der Waals surface area contributed by atoms with Crippen LogP contribution < -0.4 is 5.73 Å². The number of morpholine rings is 1. The van der Waals surface area contributed by atoms with Gasteiger partial charge in [-0.25, -0.2) is 4.79 Å². The van der Waals surface area contributed by atoms with Gasteiger partial charge in [0.1, 0.15) is 30.2 Å². The van der Waals surface area contributed by atoms with E-state index in [9.17, 15) is 14.7 Å². The molecule has 3 heterocycles. The zero-order valence-corrected chi connectivity index (χ0v) is 13.9. The Morgan fingerprint density at radius 3 is 2.87 bits per heavy atom. The Bertz CT molecular complexity index is 583. The minimum Gasteiger partial charge on any atom is -0.477 e. The van der Waals surface area contributed by atoms with E-state index in [1.807, 2.05) is 12.2 Å². The van der Waals surface area contributed by atoms with Gasteiger partial charge < -0.3 is 20.1 Å². The molecule has 3 N–H and O–H groups in total. The number of carboxylic acid groups (broad SMARTS) is 1. The highest BCUT2D eigenvalue weighted by molar-refractivity contribution is 8.00. The van der Waals surface area contributed by atoms with E-state index in [1.54, 1.807) is 0 Å². The number of amides is 1. The number of nitrogens with zero attached hydrogens (tertiary/aromatic N) is 2. The number of quaternary nitrogens is 1. The van der Waals surface area contributed by atoms with Gasteiger partial charge in [0.25, 0.3) is 0 Å². The maximum absolute atomic E-state index is 11.9. The molecule has 3 aliphatic rings. The fourth-order valence-electron chi connectivity index (χ4n) is 3.08. The average molecular weight is 340 g/mol. The number of thioether (sulfide) groups is 1. The topological polar surface area (TPSA) is 92.9 Å². The lowest BCUT2D eigenvalue weighted by atomic mass is 10.0. The van der Waals surface area contributed by atoms with Gasteiger partial charge in [-0.2, -0.15) is 0 Å². The van der Waals surface area contributed by atoms with Crippen LogP contribution in [0.4, 0.5) is 0 Å². The second kappa shape index (κ2) is 6.27. The van der Waals surface area contributed by atoms with Crippen LogP contribution in [-0.4, -0.2) is 83.4 Å². The molecule has 126 valence electrons. The van der Waals surface area contributed by atoms with E-state index < -0.39 is 12.0 Å². The minimum atomic E-state index is -1.07. The van der Waals surface area contributed by atoms with Crippen LogP contribution in [0.15, 0.2) is 23.4 Å². The minimum absolute atomic E-state index is 0.0846. The first kappa shape index (κ1) is 16.5. The molecule has 0 unspecified atom stereocenters. The highest BCUT2D eigenvalue weighted by atomic mass is 32.2. The molecule has 0 aromatic rings. The van der Waals surface area contributed by atoms with Crippen LogP contribution in [0, 0.1) is 0 Å². The molecular formula is C15H22N3O4S+. The number of β-lactam (4-membered cyclic amide) rings is 1. The van der Waals surface area contributed by atoms with Crippen molar-refractivity contribution in [1.29, 1.82) is 0 Å². The normalized spacial score (nSPS) is 30.3. The van der Waals surface area contributed by atoms with Crippen molar-refractivity contribution in [3.8, 4) is 0 Å². The molecule has 0 aromatic heterocycles. The quantitative estimate of drug-likeness (QED) is 0.534. The zero-order valence-electron chi connectivity index (χ0n) is 13.1. The highest BCUT2D eigenvalue weighted by Crippen LogP contribution is 2.39. The van der Waals surface area contributed by atoms with Crippen LogP contribution >= 0.6 is 11.8 Å². The Morgan fingerprint density at radius 2 is 2.22 bits per heavy atom. The number of carbonyl (C=O) groups is 2. The predicted molar refractivity (Wildman–Crippen MR) is 86.5 cm³/mol. The summed E-state index contributed by atoms with van der Waals surface area (Å²) in [6, 6.07) is -0.585. The fraction of sp³-hybridized carbons (Fsp3) is 0.600. The molecule has 3 aliphatic heterocycles. The van der Waals surface area contributed by atoms with Crippen molar-refractivity contribution in [3.63, 3.8) is 0 Å². The van der Waals surface area contributed by atoms with E-state index >= 15 is 0 Å². The number of aliphatic carboxylic acids is 1. The van der Waals surface area contributed by atoms with E-state index in [0.717, 1.165) is 37.3 Å². The molecule has 0 radical (unpaired) electrons. The molecule has 23 heavy (non-hydrogen) atoms. The number of hydrogen-bond acceptors (Lipinski definition) is 5. The fourth-order valence-corrected chi connectivity index (χ4v) is 4.35. The number of allylic oxidation sites excluding steroid dienone is 1. The molecule has 0 saturated carbocycles. The third-order valence-electron chi connectivity index (χ3n) is 4.66. The number of rotatable bonds is 4. The first-order valence-electron chi connectivity index (χ1n) is 7.67. The van der Waals surface area contributed by atoms with Gasteiger partial charge in [-0.3, -0.25) is 9.69 Å². The number of nitrogens with two attached hydrogens (primary N) is 1. The van der Waals surface area contributed by atoms with Crippen molar-refractivity contribution < 1.29 is 23.9 Å². The summed E-state index contributed by atoms with van der Waals surface area (Å²) in [5.41, 5.74) is 6.50. The van der Waals surface area contributed by atoms with Gasteiger partial charge in [0.2, 0.25) is 5.91 Å². The first-order valence-corrected chi connectivity index (χ1v) is 8.72. The van der Waals surface area contributed by atoms with Gasteiger partial charge in [0, 0.05) is 5.75 Å². The predicted octanol–water partition coefficient (Wildman–Crippen LogP) is -0.399. The largest absolute Gasteiger partial charge is 0.477 e. The number of carbonyl (C=O) groups excluding carboxylic acids is 1. The van der Waals surface area contributed by atoms with Crippen molar-refractivity contribution in [2.45, 2.75) is 11.4 Å². The molecule has 0 spiro atoms. The number of ether oxygens (including phenoxy) is 1. The zero-order chi connectivity index (χ0) is 16.6. The Labute approximate surface area is 139 Å². The molecule has 8 heteroatoms. The molecule has 2 saturated heterocycles. The molecule has 2 atom stereocenters. The van der Waals surface area contributed by atoms with Crippen molar-refractivity contribution in [2.24, 2.45) is 5.73 Å². The average Bonchev–Trinajstić information content (AvgIpc) is 2.53. The lowest BCUT2D eigenvalue weighted by molar-refractivity contribution is -0.911. The SMILES string of the molecule is C[N+]1(CC=CC2=C(C(=O)O)N3C(=O)[C@@H](N)[C@H]3SC2)CCOCC1. The van der Waals surface area contributed by atoms with Gasteiger partial charge >= 0.3 is 5.97 Å². The molecule has 2 fully saturated rings. The molecule has 0 aliphatic carbocycles. The third-order valence-corrected chi connectivity index (χ3v) is 5.98. The maximum Gasteiger partial charge on any atom is 0.352 e. The van der Waals surface area contributed by atoms with Crippen LogP contribution in [0.5, 0.6) is 0 Å². The van der Waals surface area contributed by atoms with Crippen LogP contribution in [-0.2, 0) is 14.3 Å². The summed E-state index contributed by atoms with van der Waals surface area (Å²) in [6.07, 6.45) is 3.86. The lowest BCUT2D eigenvalue weighted by Gasteiger charge is -2.47. The first-order chi connectivity index (χ1) is 10.9. The molecule has 7 nitrogen and oxygen atoms in total.